The van der Waals surface area contributed by atoms with E-state index in [1.54, 1.807) is 24.3 Å². The molecule has 0 aliphatic carbocycles. The lowest BCUT2D eigenvalue weighted by Crippen LogP contribution is -1.96. The van der Waals surface area contributed by atoms with E-state index in [2.05, 4.69) is 0 Å². The topological polar surface area (TPSA) is 17.1 Å². The number of rotatable bonds is 4. The number of halogens is 1. The van der Waals surface area contributed by atoms with Crippen LogP contribution in [0.1, 0.15) is 31.5 Å². The average Bonchev–Trinajstić information content (AvgIpc) is 2.15. The van der Waals surface area contributed by atoms with Gasteiger partial charge in [0, 0.05) is 6.42 Å². The van der Waals surface area contributed by atoms with Crippen LogP contribution in [0.2, 0.25) is 0 Å². The lowest BCUT2D eigenvalue weighted by Gasteiger charge is -2.06. The van der Waals surface area contributed by atoms with E-state index in [1.165, 1.54) is 6.92 Å². The molecule has 2 heteroatoms. The molecular weight excluding hydrogens is 167 g/mol. The van der Waals surface area contributed by atoms with Crippen molar-refractivity contribution in [1.29, 1.82) is 0 Å². The van der Waals surface area contributed by atoms with E-state index in [0.717, 1.165) is 0 Å². The molecule has 0 saturated heterocycles. The largest absolute Gasteiger partial charge is 0.300 e. The minimum Gasteiger partial charge on any atom is -0.300 e. The third-order valence-electron chi connectivity index (χ3n) is 1.91. The number of carbonyl (C=O) groups excluding carboxylic acids is 1. The summed E-state index contributed by atoms with van der Waals surface area (Å²) in [6, 6.07) is 8.93. The third-order valence-corrected chi connectivity index (χ3v) is 1.91. The van der Waals surface area contributed by atoms with Gasteiger partial charge in [-0.1, -0.05) is 30.3 Å². The number of hydrogen-bond acceptors (Lipinski definition) is 1. The smallest absolute Gasteiger partial charge is 0.129 e. The molecule has 0 spiro atoms. The van der Waals surface area contributed by atoms with Crippen LogP contribution in [0.3, 0.4) is 0 Å². The minimum absolute atomic E-state index is 0.0404. The first-order valence-electron chi connectivity index (χ1n) is 4.38. The second-order valence-corrected chi connectivity index (χ2v) is 3.12. The van der Waals surface area contributed by atoms with Gasteiger partial charge in [-0.2, -0.15) is 0 Å². The van der Waals surface area contributed by atoms with Gasteiger partial charge < -0.3 is 4.79 Å². The fraction of sp³-hybridized carbons (Fsp3) is 0.364. The first kappa shape index (κ1) is 9.90. The molecule has 70 valence electrons. The maximum atomic E-state index is 13.3. The molecule has 1 nitrogen and oxygen atoms in total. The normalized spacial score (nSPS) is 12.5. The molecule has 1 rings (SSSR count). The van der Waals surface area contributed by atoms with Crippen molar-refractivity contribution in [3.63, 3.8) is 0 Å². The standard InChI is InChI=1S/C11H13FO/c1-9(13)7-8-11(12)10-5-3-2-4-6-10/h2-6,11H,7-8H2,1H3/t11-/m0/s1. The third kappa shape index (κ3) is 3.36. The van der Waals surface area contributed by atoms with Crippen molar-refractivity contribution in [3.05, 3.63) is 35.9 Å². The van der Waals surface area contributed by atoms with Crippen molar-refractivity contribution in [2.24, 2.45) is 0 Å². The fourth-order valence-corrected chi connectivity index (χ4v) is 1.16. The van der Waals surface area contributed by atoms with Crippen LogP contribution in [-0.4, -0.2) is 5.78 Å². The molecule has 0 aromatic heterocycles. The highest BCUT2D eigenvalue weighted by atomic mass is 19.1. The van der Waals surface area contributed by atoms with Gasteiger partial charge in [0.25, 0.3) is 0 Å². The van der Waals surface area contributed by atoms with Gasteiger partial charge in [0.15, 0.2) is 0 Å². The molecule has 0 amide bonds. The molecule has 0 aliphatic heterocycles. The Morgan fingerprint density at radius 3 is 2.54 bits per heavy atom. The van der Waals surface area contributed by atoms with Gasteiger partial charge in [0.2, 0.25) is 0 Å². The minimum atomic E-state index is -1.01. The van der Waals surface area contributed by atoms with Gasteiger partial charge in [-0.25, -0.2) is 4.39 Å². The van der Waals surface area contributed by atoms with Crippen LogP contribution < -0.4 is 0 Å². The number of carbonyl (C=O) groups is 1. The Morgan fingerprint density at radius 2 is 2.00 bits per heavy atom. The molecule has 0 bridgehead atoms. The van der Waals surface area contributed by atoms with Crippen LogP contribution in [0, 0.1) is 0 Å². The van der Waals surface area contributed by atoms with E-state index >= 15 is 0 Å². The van der Waals surface area contributed by atoms with Gasteiger partial charge in [-0.15, -0.1) is 0 Å². The average molecular weight is 180 g/mol. The summed E-state index contributed by atoms with van der Waals surface area (Å²) in [5.74, 6) is 0.0404. The summed E-state index contributed by atoms with van der Waals surface area (Å²) < 4.78 is 13.3. The summed E-state index contributed by atoms with van der Waals surface area (Å²) in [6.07, 6.45) is -0.403. The highest BCUT2D eigenvalue weighted by molar-refractivity contribution is 5.75. The van der Waals surface area contributed by atoms with Gasteiger partial charge >= 0.3 is 0 Å². The highest BCUT2D eigenvalue weighted by Gasteiger charge is 2.09. The monoisotopic (exact) mass is 180 g/mol. The summed E-state index contributed by atoms with van der Waals surface area (Å²) in [5, 5.41) is 0. The first-order valence-corrected chi connectivity index (χ1v) is 4.38. The molecule has 0 N–H and O–H groups in total. The van der Waals surface area contributed by atoms with Crippen molar-refractivity contribution in [3.8, 4) is 0 Å². The highest BCUT2D eigenvalue weighted by Crippen LogP contribution is 2.21. The van der Waals surface area contributed by atoms with E-state index in [0.29, 0.717) is 18.4 Å². The summed E-state index contributed by atoms with van der Waals surface area (Å²) in [7, 11) is 0. The Bertz CT molecular complexity index is 269. The molecule has 0 unspecified atom stereocenters. The number of hydrogen-bond donors (Lipinski definition) is 0. The van der Waals surface area contributed by atoms with Gasteiger partial charge in [0.1, 0.15) is 12.0 Å². The molecule has 0 fully saturated rings. The summed E-state index contributed by atoms with van der Waals surface area (Å²) in [4.78, 5) is 10.6. The van der Waals surface area contributed by atoms with Crippen LogP contribution >= 0.6 is 0 Å². The maximum absolute atomic E-state index is 13.3. The number of ketones is 1. The molecular formula is C11H13FO. The van der Waals surface area contributed by atoms with Crippen LogP contribution in [0.5, 0.6) is 0 Å². The molecule has 1 aromatic carbocycles. The van der Waals surface area contributed by atoms with E-state index in [4.69, 9.17) is 0 Å². The molecule has 0 heterocycles. The molecule has 1 aromatic rings. The lowest BCUT2D eigenvalue weighted by molar-refractivity contribution is -0.117. The zero-order valence-corrected chi connectivity index (χ0v) is 7.66. The van der Waals surface area contributed by atoms with Crippen LogP contribution in [0.25, 0.3) is 0 Å². The van der Waals surface area contributed by atoms with Crippen LogP contribution in [-0.2, 0) is 4.79 Å². The van der Waals surface area contributed by atoms with E-state index in [9.17, 15) is 9.18 Å². The van der Waals surface area contributed by atoms with Gasteiger partial charge in [-0.3, -0.25) is 0 Å². The predicted molar refractivity (Wildman–Crippen MR) is 50.2 cm³/mol. The van der Waals surface area contributed by atoms with Crippen molar-refractivity contribution >= 4 is 5.78 Å². The SMILES string of the molecule is CC(=O)CC[C@H](F)c1ccccc1. The Morgan fingerprint density at radius 1 is 1.38 bits per heavy atom. The van der Waals surface area contributed by atoms with Crippen molar-refractivity contribution in [1.82, 2.24) is 0 Å². The Hall–Kier alpha value is -1.18. The maximum Gasteiger partial charge on any atom is 0.129 e. The summed E-state index contributed by atoms with van der Waals surface area (Å²) >= 11 is 0. The van der Waals surface area contributed by atoms with E-state index in [-0.39, 0.29) is 5.78 Å². The van der Waals surface area contributed by atoms with Gasteiger partial charge in [0.05, 0.1) is 0 Å². The van der Waals surface area contributed by atoms with Gasteiger partial charge in [-0.05, 0) is 18.9 Å². The molecule has 1 atom stereocenters. The van der Waals surface area contributed by atoms with Crippen LogP contribution in [0.4, 0.5) is 4.39 Å². The Labute approximate surface area is 77.6 Å². The number of Topliss-reactive ketones (excluding diaryl/α,β-unsaturated/α-hetero) is 1. The zero-order chi connectivity index (χ0) is 9.68. The summed E-state index contributed by atoms with van der Waals surface area (Å²) in [5.41, 5.74) is 0.656. The lowest BCUT2D eigenvalue weighted by atomic mass is 10.1. The van der Waals surface area contributed by atoms with E-state index < -0.39 is 6.17 Å². The number of alkyl halides is 1. The summed E-state index contributed by atoms with van der Waals surface area (Å²) in [6.45, 7) is 1.48. The first-order chi connectivity index (χ1) is 6.20. The molecule has 0 saturated carbocycles. The second-order valence-electron chi connectivity index (χ2n) is 3.12. The zero-order valence-electron chi connectivity index (χ0n) is 7.66. The van der Waals surface area contributed by atoms with E-state index in [1.807, 2.05) is 6.07 Å². The Kier molecular flexibility index (Phi) is 3.62. The van der Waals surface area contributed by atoms with Crippen molar-refractivity contribution < 1.29 is 9.18 Å². The molecule has 0 aliphatic rings. The van der Waals surface area contributed by atoms with Crippen molar-refractivity contribution in [2.75, 3.05) is 0 Å². The quantitative estimate of drug-likeness (QED) is 0.696. The predicted octanol–water partition coefficient (Wildman–Crippen LogP) is 3.07. The molecule has 0 radical (unpaired) electrons. The number of benzene rings is 1. The fourth-order valence-electron chi connectivity index (χ4n) is 1.16. The van der Waals surface area contributed by atoms with Crippen molar-refractivity contribution in [2.45, 2.75) is 25.9 Å². The Balaban J connectivity index is 2.49. The van der Waals surface area contributed by atoms with Crippen LogP contribution in [0.15, 0.2) is 30.3 Å². The second kappa shape index (κ2) is 4.75. The molecule has 13 heavy (non-hydrogen) atoms.